The Bertz CT molecular complexity index is 704. The number of nitrogens with one attached hydrogen (secondary N) is 2. The highest BCUT2D eigenvalue weighted by molar-refractivity contribution is 7.89. The third-order valence-corrected chi connectivity index (χ3v) is 4.53. The molecular formula is C12H19N5O3S. The van der Waals surface area contributed by atoms with Crippen LogP contribution in [-0.2, 0) is 29.7 Å². The lowest BCUT2D eigenvalue weighted by molar-refractivity contribution is 0.465. The van der Waals surface area contributed by atoms with E-state index in [9.17, 15) is 8.42 Å². The van der Waals surface area contributed by atoms with E-state index in [0.717, 1.165) is 0 Å². The van der Waals surface area contributed by atoms with Crippen LogP contribution in [0.15, 0.2) is 21.7 Å². The van der Waals surface area contributed by atoms with Gasteiger partial charge in [0.2, 0.25) is 10.0 Å². The molecule has 2 N–H and O–H groups in total. The zero-order chi connectivity index (χ0) is 15.5. The Balaban J connectivity index is 2.15. The minimum absolute atomic E-state index is 0.0855. The van der Waals surface area contributed by atoms with Gasteiger partial charge in [0, 0.05) is 12.6 Å². The van der Waals surface area contributed by atoms with Crippen molar-refractivity contribution in [1.29, 1.82) is 0 Å². The van der Waals surface area contributed by atoms with Crippen LogP contribution in [0.2, 0.25) is 0 Å². The van der Waals surface area contributed by atoms with Gasteiger partial charge in [-0.25, -0.2) is 13.1 Å². The number of aromatic nitrogens is 3. The molecule has 0 aliphatic rings. The Kier molecular flexibility index (Phi) is 4.76. The number of furan rings is 1. The lowest BCUT2D eigenvalue weighted by Gasteiger charge is -2.06. The lowest BCUT2D eigenvalue weighted by atomic mass is 10.4. The first kappa shape index (κ1) is 15.7. The molecule has 9 heteroatoms. The molecule has 2 aromatic heterocycles. The molecule has 0 aromatic carbocycles. The van der Waals surface area contributed by atoms with Crippen LogP contribution in [0.3, 0.4) is 0 Å². The summed E-state index contributed by atoms with van der Waals surface area (Å²) in [5.41, 5.74) is 0. The Labute approximate surface area is 123 Å². The van der Waals surface area contributed by atoms with E-state index in [2.05, 4.69) is 20.2 Å². The Morgan fingerprint density at radius 3 is 2.81 bits per heavy atom. The fourth-order valence-corrected chi connectivity index (χ4v) is 3.15. The highest BCUT2D eigenvalue weighted by Gasteiger charge is 2.21. The maximum Gasteiger partial charge on any atom is 0.244 e. The molecule has 0 spiro atoms. The molecule has 21 heavy (non-hydrogen) atoms. The number of hydrogen-bond acceptors (Lipinski definition) is 6. The monoisotopic (exact) mass is 313 g/mol. The normalized spacial score (nSPS) is 12.0. The van der Waals surface area contributed by atoms with Crippen molar-refractivity contribution in [2.75, 3.05) is 7.05 Å². The third kappa shape index (κ3) is 3.49. The largest absolute Gasteiger partial charge is 0.464 e. The van der Waals surface area contributed by atoms with E-state index >= 15 is 0 Å². The highest BCUT2D eigenvalue weighted by atomic mass is 32.2. The summed E-state index contributed by atoms with van der Waals surface area (Å²) >= 11 is 0. The van der Waals surface area contributed by atoms with Crippen molar-refractivity contribution in [3.05, 3.63) is 29.7 Å². The smallest absolute Gasteiger partial charge is 0.244 e. The van der Waals surface area contributed by atoms with Gasteiger partial charge in [0.05, 0.1) is 13.1 Å². The topological polar surface area (TPSA) is 102 Å². The van der Waals surface area contributed by atoms with Gasteiger partial charge in [-0.05, 0) is 20.9 Å². The Hall–Kier alpha value is -1.71. The fourth-order valence-electron chi connectivity index (χ4n) is 1.97. The summed E-state index contributed by atoms with van der Waals surface area (Å²) in [6.07, 6.45) is 1.57. The first-order valence-electron chi connectivity index (χ1n) is 6.58. The van der Waals surface area contributed by atoms with E-state index in [4.69, 9.17) is 4.42 Å². The summed E-state index contributed by atoms with van der Waals surface area (Å²) in [6, 6.07) is 1.53. The van der Waals surface area contributed by atoms with Crippen molar-refractivity contribution < 1.29 is 12.8 Å². The molecule has 0 aliphatic heterocycles. The highest BCUT2D eigenvalue weighted by Crippen LogP contribution is 2.20. The summed E-state index contributed by atoms with van der Waals surface area (Å²) in [5.74, 6) is 1.51. The van der Waals surface area contributed by atoms with E-state index in [0.29, 0.717) is 30.4 Å². The van der Waals surface area contributed by atoms with Gasteiger partial charge in [0.25, 0.3) is 0 Å². The predicted molar refractivity (Wildman–Crippen MR) is 75.9 cm³/mol. The van der Waals surface area contributed by atoms with Crippen molar-refractivity contribution in [3.63, 3.8) is 0 Å². The average Bonchev–Trinajstić information content (AvgIpc) is 3.03. The maximum atomic E-state index is 12.3. The number of aryl methyl sites for hydroxylation is 2. The zero-order valence-electron chi connectivity index (χ0n) is 12.3. The molecule has 0 aliphatic carbocycles. The van der Waals surface area contributed by atoms with Crippen molar-refractivity contribution in [2.24, 2.45) is 0 Å². The van der Waals surface area contributed by atoms with Crippen LogP contribution in [0, 0.1) is 6.92 Å². The zero-order valence-corrected chi connectivity index (χ0v) is 13.1. The van der Waals surface area contributed by atoms with E-state index in [1.54, 1.807) is 24.9 Å². The van der Waals surface area contributed by atoms with Gasteiger partial charge in [0.1, 0.15) is 28.6 Å². The second-order valence-electron chi connectivity index (χ2n) is 4.52. The molecule has 2 heterocycles. The molecule has 0 amide bonds. The minimum atomic E-state index is -3.64. The Morgan fingerprint density at radius 2 is 2.14 bits per heavy atom. The fraction of sp³-hybridized carbons (Fsp3) is 0.500. The van der Waals surface area contributed by atoms with E-state index in [1.807, 2.05) is 6.92 Å². The van der Waals surface area contributed by atoms with E-state index in [-0.39, 0.29) is 11.4 Å². The predicted octanol–water partition coefficient (Wildman–Crippen LogP) is 0.397. The second kappa shape index (κ2) is 6.37. The van der Waals surface area contributed by atoms with Crippen molar-refractivity contribution in [1.82, 2.24) is 24.8 Å². The van der Waals surface area contributed by atoms with Crippen LogP contribution in [-0.4, -0.2) is 30.2 Å². The van der Waals surface area contributed by atoms with Gasteiger partial charge < -0.3 is 14.3 Å². The summed E-state index contributed by atoms with van der Waals surface area (Å²) in [5, 5.41) is 10.6. The van der Waals surface area contributed by atoms with Crippen LogP contribution in [0.1, 0.15) is 24.3 Å². The van der Waals surface area contributed by atoms with Gasteiger partial charge in [-0.1, -0.05) is 0 Å². The number of hydrogen-bond donors (Lipinski definition) is 2. The maximum absolute atomic E-state index is 12.3. The van der Waals surface area contributed by atoms with Crippen LogP contribution in [0.4, 0.5) is 0 Å². The molecule has 116 valence electrons. The molecule has 0 bridgehead atoms. The molecule has 0 saturated carbocycles. The molecule has 0 fully saturated rings. The van der Waals surface area contributed by atoms with E-state index < -0.39 is 10.0 Å². The first-order chi connectivity index (χ1) is 9.97. The SMILES string of the molecule is CCn1cnnc1CNS(=O)(=O)c1cc(CNC)oc1C. The summed E-state index contributed by atoms with van der Waals surface area (Å²) in [4.78, 5) is 0.148. The van der Waals surface area contributed by atoms with E-state index in [1.165, 1.54) is 6.07 Å². The van der Waals surface area contributed by atoms with Gasteiger partial charge in [0.15, 0.2) is 0 Å². The molecule has 0 unspecified atom stereocenters. The third-order valence-electron chi connectivity index (χ3n) is 3.02. The van der Waals surface area contributed by atoms with Gasteiger partial charge >= 0.3 is 0 Å². The molecule has 0 radical (unpaired) electrons. The van der Waals surface area contributed by atoms with Crippen molar-refractivity contribution in [2.45, 2.75) is 38.4 Å². The lowest BCUT2D eigenvalue weighted by Crippen LogP contribution is -2.25. The molecule has 2 aromatic rings. The van der Waals surface area contributed by atoms with Crippen molar-refractivity contribution in [3.8, 4) is 0 Å². The van der Waals surface area contributed by atoms with Gasteiger partial charge in [-0.3, -0.25) is 0 Å². The Morgan fingerprint density at radius 1 is 1.38 bits per heavy atom. The molecule has 2 rings (SSSR count). The quantitative estimate of drug-likeness (QED) is 0.767. The van der Waals surface area contributed by atoms with Crippen LogP contribution < -0.4 is 10.0 Å². The second-order valence-corrected chi connectivity index (χ2v) is 6.26. The summed E-state index contributed by atoms with van der Waals surface area (Å²) in [7, 11) is -1.88. The minimum Gasteiger partial charge on any atom is -0.464 e. The van der Waals surface area contributed by atoms with Crippen LogP contribution in [0.5, 0.6) is 0 Å². The molecular weight excluding hydrogens is 294 g/mol. The number of sulfonamides is 1. The van der Waals surface area contributed by atoms with Gasteiger partial charge in [-0.2, -0.15) is 0 Å². The van der Waals surface area contributed by atoms with Crippen LogP contribution in [0.25, 0.3) is 0 Å². The summed E-state index contributed by atoms with van der Waals surface area (Å²) < 4.78 is 34.3. The van der Waals surface area contributed by atoms with Crippen LogP contribution >= 0.6 is 0 Å². The standard InChI is InChI=1S/C12H19N5O3S/c1-4-17-8-14-16-12(17)7-15-21(18,19)11-5-10(6-13-3)20-9(11)2/h5,8,13,15H,4,6-7H2,1-3H3. The molecule has 0 atom stereocenters. The average molecular weight is 313 g/mol. The molecule has 0 saturated heterocycles. The first-order valence-corrected chi connectivity index (χ1v) is 8.06. The number of rotatable bonds is 7. The molecule has 8 nitrogen and oxygen atoms in total. The summed E-state index contributed by atoms with van der Waals surface area (Å²) in [6.45, 7) is 4.80. The van der Waals surface area contributed by atoms with Gasteiger partial charge in [-0.15, -0.1) is 10.2 Å². The van der Waals surface area contributed by atoms with Crippen molar-refractivity contribution >= 4 is 10.0 Å². The number of nitrogens with zero attached hydrogens (tertiary/aromatic N) is 3.